The van der Waals surface area contributed by atoms with Crippen LogP contribution in [0.3, 0.4) is 0 Å². The third-order valence-corrected chi connectivity index (χ3v) is 9.50. The molecule has 0 amide bonds. The zero-order valence-corrected chi connectivity index (χ0v) is 17.0. The van der Waals surface area contributed by atoms with Crippen LogP contribution in [0, 0.1) is 34.5 Å². The van der Waals surface area contributed by atoms with E-state index < -0.39 is 5.60 Å². The van der Waals surface area contributed by atoms with Gasteiger partial charge in [-0.3, -0.25) is 0 Å². The maximum atomic E-state index is 11.3. The summed E-state index contributed by atoms with van der Waals surface area (Å²) in [4.78, 5) is 0. The van der Waals surface area contributed by atoms with Crippen LogP contribution in [0.2, 0.25) is 0 Å². The highest BCUT2D eigenvalue weighted by molar-refractivity contribution is 5.28. The van der Waals surface area contributed by atoms with E-state index >= 15 is 0 Å². The largest absolute Gasteiger partial charge is 0.393 e. The van der Waals surface area contributed by atoms with Gasteiger partial charge in [-0.1, -0.05) is 32.4 Å². The molecule has 3 N–H and O–H groups in total. The number of rotatable bonds is 2. The average molecular weight is 363 g/mol. The molecule has 148 valence electrons. The summed E-state index contributed by atoms with van der Waals surface area (Å²) in [6.45, 7) is 8.71. The Balaban J connectivity index is 1.68. The predicted octanol–water partition coefficient (Wildman–Crippen LogP) is 4.06. The van der Waals surface area contributed by atoms with Crippen LogP contribution < -0.4 is 0 Å². The molecule has 3 nitrogen and oxygen atoms in total. The molecule has 1 unspecified atom stereocenters. The van der Waals surface area contributed by atoms with Crippen LogP contribution in [0.5, 0.6) is 0 Å². The van der Waals surface area contributed by atoms with Crippen LogP contribution in [0.4, 0.5) is 0 Å². The van der Waals surface area contributed by atoms with Crippen molar-refractivity contribution in [1.82, 2.24) is 0 Å². The van der Waals surface area contributed by atoms with E-state index in [4.69, 9.17) is 0 Å². The summed E-state index contributed by atoms with van der Waals surface area (Å²) < 4.78 is 0. The van der Waals surface area contributed by atoms with Gasteiger partial charge in [-0.2, -0.15) is 0 Å². The van der Waals surface area contributed by atoms with Gasteiger partial charge >= 0.3 is 0 Å². The second kappa shape index (κ2) is 6.06. The van der Waals surface area contributed by atoms with E-state index in [0.717, 1.165) is 44.9 Å². The fourth-order valence-electron chi connectivity index (χ4n) is 7.98. The molecule has 0 aromatic carbocycles. The summed E-state index contributed by atoms with van der Waals surface area (Å²) in [6, 6.07) is 0. The molecule has 0 bridgehead atoms. The van der Waals surface area contributed by atoms with Gasteiger partial charge in [0, 0.05) is 0 Å². The number of aliphatic hydroxyl groups is 3. The maximum Gasteiger partial charge on any atom is 0.0682 e. The normalized spacial score (nSPS) is 54.7. The number of allylic oxidation sites excluding steroid dienone is 1. The van der Waals surface area contributed by atoms with Crippen molar-refractivity contribution < 1.29 is 15.3 Å². The van der Waals surface area contributed by atoms with Crippen molar-refractivity contribution in [3.05, 3.63) is 11.6 Å². The average Bonchev–Trinajstić information content (AvgIpc) is 2.92. The SMILES string of the molecule is CC[C@]1(O)CC[C@@]2(C)C(=CC[C@@H]3[C@@H]2[C@@H](O)C[C@]2(C)[C@@H](C(C)O)CC[C@@H]32)C1. The predicted molar refractivity (Wildman–Crippen MR) is 104 cm³/mol. The van der Waals surface area contributed by atoms with Crippen LogP contribution in [0.25, 0.3) is 0 Å². The van der Waals surface area contributed by atoms with E-state index in [1.165, 1.54) is 12.0 Å². The fraction of sp³-hybridized carbons (Fsp3) is 0.913. The van der Waals surface area contributed by atoms with Crippen molar-refractivity contribution in [3.63, 3.8) is 0 Å². The van der Waals surface area contributed by atoms with Crippen molar-refractivity contribution in [2.75, 3.05) is 0 Å². The van der Waals surface area contributed by atoms with E-state index in [-0.39, 0.29) is 23.0 Å². The molecule has 4 aliphatic carbocycles. The van der Waals surface area contributed by atoms with Gasteiger partial charge < -0.3 is 15.3 Å². The minimum atomic E-state index is -0.545. The van der Waals surface area contributed by atoms with E-state index in [9.17, 15) is 15.3 Å². The highest BCUT2D eigenvalue weighted by Gasteiger charge is 2.62. The van der Waals surface area contributed by atoms with Gasteiger partial charge in [0.25, 0.3) is 0 Å². The van der Waals surface area contributed by atoms with Gasteiger partial charge in [-0.15, -0.1) is 0 Å². The first-order valence-corrected chi connectivity index (χ1v) is 10.9. The van der Waals surface area contributed by atoms with Crippen LogP contribution in [0.15, 0.2) is 11.6 Å². The monoisotopic (exact) mass is 362 g/mol. The van der Waals surface area contributed by atoms with Crippen molar-refractivity contribution in [2.45, 2.75) is 96.9 Å². The Morgan fingerprint density at radius 3 is 2.62 bits per heavy atom. The molecule has 0 aromatic heterocycles. The summed E-state index contributed by atoms with van der Waals surface area (Å²) in [6.07, 6.45) is 9.45. The quantitative estimate of drug-likeness (QED) is 0.649. The molecule has 0 aromatic rings. The Morgan fingerprint density at radius 1 is 1.23 bits per heavy atom. The van der Waals surface area contributed by atoms with Crippen LogP contribution in [-0.2, 0) is 0 Å². The Bertz CT molecular complexity index is 598. The van der Waals surface area contributed by atoms with Crippen LogP contribution in [0.1, 0.15) is 79.1 Å². The molecule has 3 heteroatoms. The first-order valence-electron chi connectivity index (χ1n) is 10.9. The third-order valence-electron chi connectivity index (χ3n) is 9.50. The summed E-state index contributed by atoms with van der Waals surface area (Å²) in [5.41, 5.74) is 0.961. The zero-order chi connectivity index (χ0) is 18.9. The summed E-state index contributed by atoms with van der Waals surface area (Å²) >= 11 is 0. The zero-order valence-electron chi connectivity index (χ0n) is 17.0. The molecule has 0 heterocycles. The Hall–Kier alpha value is -0.380. The number of aliphatic hydroxyl groups excluding tert-OH is 2. The van der Waals surface area contributed by atoms with Crippen molar-refractivity contribution in [2.24, 2.45) is 34.5 Å². The third kappa shape index (κ3) is 2.49. The molecule has 0 saturated heterocycles. The first kappa shape index (κ1) is 19.0. The summed E-state index contributed by atoms with van der Waals surface area (Å²) in [5, 5.41) is 32.5. The van der Waals surface area contributed by atoms with Gasteiger partial charge in [0.05, 0.1) is 17.8 Å². The molecule has 3 saturated carbocycles. The van der Waals surface area contributed by atoms with Gasteiger partial charge in [-0.25, -0.2) is 0 Å². The minimum absolute atomic E-state index is 0.0357. The Morgan fingerprint density at radius 2 is 1.96 bits per heavy atom. The highest BCUT2D eigenvalue weighted by atomic mass is 16.3. The minimum Gasteiger partial charge on any atom is -0.393 e. The molecule has 9 atom stereocenters. The molecule has 4 rings (SSSR count). The lowest BCUT2D eigenvalue weighted by atomic mass is 9.45. The van der Waals surface area contributed by atoms with E-state index in [1.54, 1.807) is 0 Å². The fourth-order valence-corrected chi connectivity index (χ4v) is 7.98. The lowest BCUT2D eigenvalue weighted by molar-refractivity contribution is -0.140. The Labute approximate surface area is 158 Å². The Kier molecular flexibility index (Phi) is 4.42. The summed E-state index contributed by atoms with van der Waals surface area (Å²) in [5.74, 6) is 1.76. The van der Waals surface area contributed by atoms with Crippen molar-refractivity contribution in [1.29, 1.82) is 0 Å². The lowest BCUT2D eigenvalue weighted by Gasteiger charge is -2.60. The molecule has 0 radical (unpaired) electrons. The van der Waals surface area contributed by atoms with Crippen molar-refractivity contribution in [3.8, 4) is 0 Å². The van der Waals surface area contributed by atoms with Crippen molar-refractivity contribution >= 4 is 0 Å². The number of fused-ring (bicyclic) bond motifs is 5. The highest BCUT2D eigenvalue weighted by Crippen LogP contribution is 2.67. The second-order valence-corrected chi connectivity index (χ2v) is 10.6. The maximum absolute atomic E-state index is 11.3. The summed E-state index contributed by atoms with van der Waals surface area (Å²) in [7, 11) is 0. The van der Waals surface area contributed by atoms with Gasteiger partial charge in [0.2, 0.25) is 0 Å². The van der Waals surface area contributed by atoms with Gasteiger partial charge in [0.15, 0.2) is 0 Å². The molecule has 0 spiro atoms. The van der Waals surface area contributed by atoms with E-state index in [0.29, 0.717) is 23.7 Å². The lowest BCUT2D eigenvalue weighted by Crippen LogP contribution is -2.57. The second-order valence-electron chi connectivity index (χ2n) is 10.6. The molecule has 3 fully saturated rings. The molecular formula is C23H38O3. The van der Waals surface area contributed by atoms with Crippen LogP contribution >= 0.6 is 0 Å². The van der Waals surface area contributed by atoms with E-state index in [2.05, 4.69) is 26.8 Å². The number of hydrogen-bond donors (Lipinski definition) is 3. The van der Waals surface area contributed by atoms with E-state index in [1.807, 2.05) is 6.92 Å². The molecule has 4 aliphatic rings. The molecule has 0 aliphatic heterocycles. The van der Waals surface area contributed by atoms with Crippen LogP contribution in [-0.4, -0.2) is 33.1 Å². The standard InChI is InChI=1S/C23H38O3/c1-5-23(26)11-10-21(3)15(12-23)6-7-16-18-9-8-17(14(2)24)22(18,4)13-19(25)20(16)21/h6,14,16-20,24-26H,5,7-13H2,1-4H3/t14?,16-,17+,18-,19-,20+,21-,22+,23-/m0/s1. The molecular weight excluding hydrogens is 324 g/mol. The van der Waals surface area contributed by atoms with Gasteiger partial charge in [-0.05, 0) is 92.8 Å². The van der Waals surface area contributed by atoms with Gasteiger partial charge in [0.1, 0.15) is 0 Å². The smallest absolute Gasteiger partial charge is 0.0682 e. The topological polar surface area (TPSA) is 60.7 Å². The molecule has 26 heavy (non-hydrogen) atoms. The first-order chi connectivity index (χ1) is 12.1. The number of hydrogen-bond acceptors (Lipinski definition) is 3.